The topological polar surface area (TPSA) is 139 Å². The van der Waals surface area contributed by atoms with Crippen molar-refractivity contribution in [3.63, 3.8) is 0 Å². The van der Waals surface area contributed by atoms with Gasteiger partial charge < -0.3 is 25.4 Å². The third-order valence-electron chi connectivity index (χ3n) is 8.07. The highest BCUT2D eigenvalue weighted by molar-refractivity contribution is 6.34. The van der Waals surface area contributed by atoms with Gasteiger partial charge in [0, 0.05) is 62.4 Å². The Balaban J connectivity index is 1.33. The number of hydrogen-bond acceptors (Lipinski definition) is 7. The smallest absolute Gasteiger partial charge is 0.271 e. The van der Waals surface area contributed by atoms with Crippen molar-refractivity contribution in [1.29, 1.82) is 0 Å². The average molecular weight is 633 g/mol. The second-order valence-electron chi connectivity index (χ2n) is 11.2. The molecule has 0 bridgehead atoms. The molecular weight excluding hydrogens is 603 g/mol. The van der Waals surface area contributed by atoms with Gasteiger partial charge in [-0.05, 0) is 36.6 Å². The number of rotatable bonds is 9. The number of halogens is 2. The van der Waals surface area contributed by atoms with Gasteiger partial charge in [-0.2, -0.15) is 0 Å². The maximum atomic E-state index is 15.4. The van der Waals surface area contributed by atoms with Crippen LogP contribution in [0.5, 0.6) is 0 Å². The molecule has 0 unspecified atom stereocenters. The molecule has 2 aliphatic rings. The zero-order valence-electron chi connectivity index (χ0n) is 24.1. The quantitative estimate of drug-likeness (QED) is 0.183. The summed E-state index contributed by atoms with van der Waals surface area (Å²) in [6.07, 6.45) is 3.29. The number of nitrogens with one attached hydrogen (secondary N) is 3. The molecule has 1 saturated carbocycles. The Bertz CT molecular complexity index is 1860. The SMILES string of the molecule is O=C(N[C@@H](Cc1ccccc1)C(=O)Nc1ccc([N+](=O)[O-])cc1Cl)c1cn(C2CC2)c2cc(N3CCNCC3)c(F)cc2c1=O. The molecule has 2 fully saturated rings. The molecule has 4 aromatic rings. The van der Waals surface area contributed by atoms with E-state index < -0.39 is 34.0 Å². The van der Waals surface area contributed by atoms with E-state index in [-0.39, 0.29) is 39.8 Å². The van der Waals surface area contributed by atoms with Crippen molar-refractivity contribution < 1.29 is 18.9 Å². The molecule has 1 aliphatic carbocycles. The van der Waals surface area contributed by atoms with E-state index in [1.807, 2.05) is 15.5 Å². The minimum Gasteiger partial charge on any atom is -0.367 e. The first-order chi connectivity index (χ1) is 21.7. The van der Waals surface area contributed by atoms with Crippen molar-refractivity contribution in [3.05, 3.63) is 109 Å². The maximum Gasteiger partial charge on any atom is 0.271 e. The van der Waals surface area contributed by atoms with Gasteiger partial charge in [0.25, 0.3) is 11.6 Å². The van der Waals surface area contributed by atoms with E-state index in [0.29, 0.717) is 24.3 Å². The number of aromatic nitrogens is 1. The normalized spacial score (nSPS) is 15.5. The number of piperazine rings is 1. The molecule has 6 rings (SSSR count). The zero-order valence-corrected chi connectivity index (χ0v) is 24.9. The van der Waals surface area contributed by atoms with Gasteiger partial charge >= 0.3 is 0 Å². The molecule has 3 aromatic carbocycles. The molecule has 1 aromatic heterocycles. The lowest BCUT2D eigenvalue weighted by Gasteiger charge is -2.30. The molecule has 0 spiro atoms. The van der Waals surface area contributed by atoms with Crippen LogP contribution in [0.2, 0.25) is 5.02 Å². The van der Waals surface area contributed by atoms with Crippen molar-refractivity contribution in [3.8, 4) is 0 Å². The van der Waals surface area contributed by atoms with Gasteiger partial charge in [-0.1, -0.05) is 41.9 Å². The molecule has 1 saturated heterocycles. The Morgan fingerprint density at radius 1 is 1.09 bits per heavy atom. The Kier molecular flexibility index (Phi) is 8.50. The molecule has 1 aliphatic heterocycles. The first-order valence-electron chi connectivity index (χ1n) is 14.6. The Hall–Kier alpha value is -4.81. The standard InChI is InChI=1S/C32H30ClFN6O5/c33-24-15-21(40(44)45)8-9-26(24)36-32(43)27(14-19-4-2-1-3-5-19)37-31(42)23-18-39(20-6-7-20)28-17-29(38-12-10-35-11-13-38)25(34)16-22(28)30(23)41/h1-5,8-9,15-18,20,27,35H,6-7,10-14H2,(H,36,43)(H,37,42)/t27-/m0/s1. The monoisotopic (exact) mass is 632 g/mol. The van der Waals surface area contributed by atoms with Gasteiger partial charge in [0.15, 0.2) is 0 Å². The third kappa shape index (κ3) is 6.52. The highest BCUT2D eigenvalue weighted by atomic mass is 35.5. The molecule has 13 heteroatoms. The summed E-state index contributed by atoms with van der Waals surface area (Å²) in [7, 11) is 0. The second kappa shape index (κ2) is 12.7. The number of nitro benzene ring substituents is 1. The van der Waals surface area contributed by atoms with Crippen LogP contribution in [0.3, 0.4) is 0 Å². The van der Waals surface area contributed by atoms with Gasteiger partial charge in [-0.15, -0.1) is 0 Å². The summed E-state index contributed by atoms with van der Waals surface area (Å²) < 4.78 is 17.3. The molecule has 0 radical (unpaired) electrons. The first kappa shape index (κ1) is 30.2. The van der Waals surface area contributed by atoms with E-state index in [9.17, 15) is 24.5 Å². The number of carbonyl (C=O) groups is 2. The van der Waals surface area contributed by atoms with Crippen LogP contribution in [-0.4, -0.2) is 53.5 Å². The maximum absolute atomic E-state index is 15.4. The van der Waals surface area contributed by atoms with Crippen molar-refractivity contribution >= 4 is 51.4 Å². The summed E-state index contributed by atoms with van der Waals surface area (Å²) in [6, 6.07) is 14.4. The molecule has 11 nitrogen and oxygen atoms in total. The summed E-state index contributed by atoms with van der Waals surface area (Å²) in [5.74, 6) is -1.96. The third-order valence-corrected chi connectivity index (χ3v) is 8.38. The van der Waals surface area contributed by atoms with E-state index in [1.165, 1.54) is 24.4 Å². The Labute approximate surface area is 262 Å². The number of fused-ring (bicyclic) bond motifs is 1. The van der Waals surface area contributed by atoms with E-state index in [4.69, 9.17) is 11.6 Å². The summed E-state index contributed by atoms with van der Waals surface area (Å²) in [6.45, 7) is 2.71. The van der Waals surface area contributed by atoms with Crippen LogP contribution in [-0.2, 0) is 11.2 Å². The van der Waals surface area contributed by atoms with Crippen LogP contribution in [0.15, 0.2) is 71.7 Å². The lowest BCUT2D eigenvalue weighted by atomic mass is 10.0. The summed E-state index contributed by atoms with van der Waals surface area (Å²) in [4.78, 5) is 53.4. The number of anilines is 2. The molecule has 232 valence electrons. The van der Waals surface area contributed by atoms with E-state index in [0.717, 1.165) is 37.6 Å². The fourth-order valence-electron chi connectivity index (χ4n) is 5.56. The Morgan fingerprint density at radius 3 is 2.49 bits per heavy atom. The summed E-state index contributed by atoms with van der Waals surface area (Å²) in [5.41, 5.74) is 0.749. The van der Waals surface area contributed by atoms with Crippen molar-refractivity contribution in [2.75, 3.05) is 36.4 Å². The van der Waals surface area contributed by atoms with Crippen LogP contribution in [0.4, 0.5) is 21.5 Å². The number of carbonyl (C=O) groups excluding carboxylic acids is 2. The highest BCUT2D eigenvalue weighted by Crippen LogP contribution is 2.38. The van der Waals surface area contributed by atoms with Gasteiger partial charge in [0.2, 0.25) is 11.3 Å². The lowest BCUT2D eigenvalue weighted by Crippen LogP contribution is -2.46. The molecule has 45 heavy (non-hydrogen) atoms. The van der Waals surface area contributed by atoms with Crippen LogP contribution >= 0.6 is 11.6 Å². The molecule has 1 atom stereocenters. The average Bonchev–Trinajstić information content (AvgIpc) is 3.88. The molecular formula is C32H30ClFN6O5. The van der Waals surface area contributed by atoms with E-state index in [1.54, 1.807) is 30.3 Å². The molecule has 2 heterocycles. The fraction of sp³-hybridized carbons (Fsp3) is 0.281. The van der Waals surface area contributed by atoms with Crippen molar-refractivity contribution in [1.82, 2.24) is 15.2 Å². The number of nitrogens with zero attached hydrogens (tertiary/aromatic N) is 3. The summed E-state index contributed by atoms with van der Waals surface area (Å²) >= 11 is 6.20. The predicted octanol–water partition coefficient (Wildman–Crippen LogP) is 4.43. The van der Waals surface area contributed by atoms with Gasteiger partial charge in [-0.3, -0.25) is 24.5 Å². The van der Waals surface area contributed by atoms with Crippen LogP contribution in [0.25, 0.3) is 10.9 Å². The van der Waals surface area contributed by atoms with Crippen LogP contribution < -0.4 is 26.3 Å². The van der Waals surface area contributed by atoms with Crippen LogP contribution in [0, 0.1) is 15.9 Å². The van der Waals surface area contributed by atoms with Crippen LogP contribution in [0.1, 0.15) is 34.8 Å². The fourth-order valence-corrected chi connectivity index (χ4v) is 5.78. The highest BCUT2D eigenvalue weighted by Gasteiger charge is 2.30. The Morgan fingerprint density at radius 2 is 1.82 bits per heavy atom. The predicted molar refractivity (Wildman–Crippen MR) is 170 cm³/mol. The zero-order chi connectivity index (χ0) is 31.7. The molecule has 3 N–H and O–H groups in total. The first-order valence-corrected chi connectivity index (χ1v) is 15.0. The van der Waals surface area contributed by atoms with Gasteiger partial charge in [0.1, 0.15) is 17.4 Å². The second-order valence-corrected chi connectivity index (χ2v) is 11.6. The van der Waals surface area contributed by atoms with Gasteiger partial charge in [-0.25, -0.2) is 4.39 Å². The number of hydrogen-bond donors (Lipinski definition) is 3. The number of pyridine rings is 1. The number of benzene rings is 3. The minimum absolute atomic E-state index is 0.0496. The number of amides is 2. The van der Waals surface area contributed by atoms with Crippen molar-refractivity contribution in [2.24, 2.45) is 0 Å². The number of non-ortho nitro benzene ring substituents is 1. The molecule has 2 amide bonds. The largest absolute Gasteiger partial charge is 0.367 e. The van der Waals surface area contributed by atoms with E-state index in [2.05, 4.69) is 16.0 Å². The minimum atomic E-state index is -1.15. The van der Waals surface area contributed by atoms with E-state index >= 15 is 4.39 Å². The van der Waals surface area contributed by atoms with Gasteiger partial charge in [0.05, 0.1) is 26.8 Å². The van der Waals surface area contributed by atoms with Crippen molar-refractivity contribution in [2.45, 2.75) is 31.3 Å². The lowest BCUT2D eigenvalue weighted by molar-refractivity contribution is -0.384. The number of nitro groups is 1. The summed E-state index contributed by atoms with van der Waals surface area (Å²) in [5, 5.41) is 19.7.